The zero-order valence-electron chi connectivity index (χ0n) is 14.8. The first-order valence-corrected chi connectivity index (χ1v) is 8.27. The van der Waals surface area contributed by atoms with Crippen molar-refractivity contribution in [2.24, 2.45) is 5.41 Å². The molecule has 0 aliphatic heterocycles. The van der Waals surface area contributed by atoms with Crippen LogP contribution in [0.15, 0.2) is 18.2 Å². The molecule has 4 heteroatoms. The van der Waals surface area contributed by atoms with Crippen LogP contribution in [0.5, 0.6) is 0 Å². The van der Waals surface area contributed by atoms with Crippen LogP contribution >= 0.6 is 0 Å². The molecule has 0 spiro atoms. The predicted molar refractivity (Wildman–Crippen MR) is 91.0 cm³/mol. The fourth-order valence-corrected chi connectivity index (χ4v) is 2.42. The van der Waals surface area contributed by atoms with E-state index in [0.29, 0.717) is 0 Å². The van der Waals surface area contributed by atoms with E-state index in [0.717, 1.165) is 31.2 Å². The number of hydrogen-bond acceptors (Lipinski definition) is 3. The van der Waals surface area contributed by atoms with Gasteiger partial charge >= 0.3 is 11.9 Å². The van der Waals surface area contributed by atoms with Crippen LogP contribution in [0.4, 0.5) is 0 Å². The molecular weight excluding hydrogens is 292 g/mol. The van der Waals surface area contributed by atoms with E-state index in [1.807, 2.05) is 27.7 Å². The first-order chi connectivity index (χ1) is 10.7. The van der Waals surface area contributed by atoms with Crippen LogP contribution in [-0.4, -0.2) is 23.1 Å². The number of aryl methyl sites for hydroxylation is 1. The number of benzene rings is 1. The predicted octanol–water partition coefficient (Wildman–Crippen LogP) is 4.71. The summed E-state index contributed by atoms with van der Waals surface area (Å²) >= 11 is 0. The monoisotopic (exact) mass is 320 g/mol. The molecule has 1 aromatic rings. The van der Waals surface area contributed by atoms with Crippen molar-refractivity contribution < 1.29 is 19.4 Å². The standard InChI is InChI=1S/C19H28O4/c1-6-8-9-16(19(3,4)5)23-18(22)14-11-10-13(7-2)12-15(14)17(20)21/h10-12,16H,6-9H2,1-5H3,(H,20,21). The Kier molecular flexibility index (Phi) is 6.79. The molecule has 1 aromatic carbocycles. The van der Waals surface area contributed by atoms with E-state index >= 15 is 0 Å². The van der Waals surface area contributed by atoms with Crippen LogP contribution in [-0.2, 0) is 11.2 Å². The summed E-state index contributed by atoms with van der Waals surface area (Å²) in [6, 6.07) is 4.89. The molecule has 128 valence electrons. The fraction of sp³-hybridized carbons (Fsp3) is 0.579. The fourth-order valence-electron chi connectivity index (χ4n) is 2.42. The number of carboxylic acid groups (broad SMARTS) is 1. The van der Waals surface area contributed by atoms with Gasteiger partial charge in [-0.05, 0) is 36.0 Å². The normalized spacial score (nSPS) is 12.7. The molecule has 0 bridgehead atoms. The van der Waals surface area contributed by atoms with Gasteiger partial charge in [0.25, 0.3) is 0 Å². The second-order valence-electron chi connectivity index (χ2n) is 6.94. The van der Waals surface area contributed by atoms with Gasteiger partial charge in [0, 0.05) is 0 Å². The zero-order valence-corrected chi connectivity index (χ0v) is 14.8. The Morgan fingerprint density at radius 2 is 1.83 bits per heavy atom. The average Bonchev–Trinajstić information content (AvgIpc) is 2.49. The number of esters is 1. The van der Waals surface area contributed by atoms with Gasteiger partial charge in [0.1, 0.15) is 6.10 Å². The van der Waals surface area contributed by atoms with Gasteiger partial charge in [-0.15, -0.1) is 0 Å². The van der Waals surface area contributed by atoms with Gasteiger partial charge in [0.05, 0.1) is 11.1 Å². The van der Waals surface area contributed by atoms with Crippen LogP contribution in [0.1, 0.15) is 80.2 Å². The number of unbranched alkanes of at least 4 members (excludes halogenated alkanes) is 1. The van der Waals surface area contributed by atoms with Crippen LogP contribution < -0.4 is 0 Å². The van der Waals surface area contributed by atoms with Crippen LogP contribution in [0.2, 0.25) is 0 Å². The maximum atomic E-state index is 12.5. The number of aromatic carboxylic acids is 1. The molecule has 0 saturated heterocycles. The van der Waals surface area contributed by atoms with E-state index in [9.17, 15) is 14.7 Å². The number of carbonyl (C=O) groups excluding carboxylic acids is 1. The maximum absolute atomic E-state index is 12.5. The highest BCUT2D eigenvalue weighted by Gasteiger charge is 2.29. The second-order valence-corrected chi connectivity index (χ2v) is 6.94. The lowest BCUT2D eigenvalue weighted by Gasteiger charge is -2.30. The third-order valence-corrected chi connectivity index (χ3v) is 3.98. The summed E-state index contributed by atoms with van der Waals surface area (Å²) in [5.41, 5.74) is 0.840. The van der Waals surface area contributed by atoms with Crippen molar-refractivity contribution in [3.05, 3.63) is 34.9 Å². The molecular formula is C19H28O4. The molecule has 4 nitrogen and oxygen atoms in total. The molecule has 0 fully saturated rings. The minimum atomic E-state index is -1.10. The van der Waals surface area contributed by atoms with E-state index < -0.39 is 11.9 Å². The number of carboxylic acids is 1. The molecule has 1 N–H and O–H groups in total. The topological polar surface area (TPSA) is 63.6 Å². The summed E-state index contributed by atoms with van der Waals surface area (Å²) < 4.78 is 5.67. The van der Waals surface area contributed by atoms with E-state index in [1.54, 1.807) is 18.2 Å². The van der Waals surface area contributed by atoms with Crippen molar-refractivity contribution in [2.75, 3.05) is 0 Å². The maximum Gasteiger partial charge on any atom is 0.339 e. The van der Waals surface area contributed by atoms with Crippen molar-refractivity contribution in [2.45, 2.75) is 66.4 Å². The second kappa shape index (κ2) is 8.14. The molecule has 0 aromatic heterocycles. The Labute approximate surface area is 138 Å². The quantitative estimate of drug-likeness (QED) is 0.739. The lowest BCUT2D eigenvalue weighted by molar-refractivity contribution is -0.00696. The highest BCUT2D eigenvalue weighted by Crippen LogP contribution is 2.28. The van der Waals surface area contributed by atoms with Gasteiger partial charge in [0.2, 0.25) is 0 Å². The average molecular weight is 320 g/mol. The molecule has 0 aliphatic carbocycles. The summed E-state index contributed by atoms with van der Waals surface area (Å²) in [5, 5.41) is 9.36. The lowest BCUT2D eigenvalue weighted by Crippen LogP contribution is -2.32. The van der Waals surface area contributed by atoms with Gasteiger partial charge in [-0.25, -0.2) is 9.59 Å². The Balaban J connectivity index is 3.05. The molecule has 0 aliphatic rings. The number of ether oxygens (including phenoxy) is 1. The smallest absolute Gasteiger partial charge is 0.339 e. The van der Waals surface area contributed by atoms with Gasteiger partial charge in [-0.3, -0.25) is 0 Å². The summed E-state index contributed by atoms with van der Waals surface area (Å²) in [5.74, 6) is -1.66. The summed E-state index contributed by atoms with van der Waals surface area (Å²) in [7, 11) is 0. The van der Waals surface area contributed by atoms with Crippen molar-refractivity contribution in [1.82, 2.24) is 0 Å². The summed E-state index contributed by atoms with van der Waals surface area (Å²) in [6.07, 6.45) is 3.26. The van der Waals surface area contributed by atoms with E-state index in [1.165, 1.54) is 0 Å². The summed E-state index contributed by atoms with van der Waals surface area (Å²) in [4.78, 5) is 23.9. The number of carbonyl (C=O) groups is 2. The van der Waals surface area contributed by atoms with E-state index in [2.05, 4.69) is 6.92 Å². The van der Waals surface area contributed by atoms with Crippen LogP contribution in [0.25, 0.3) is 0 Å². The van der Waals surface area contributed by atoms with Crippen molar-refractivity contribution in [3.63, 3.8) is 0 Å². The third kappa shape index (κ3) is 5.38. The first kappa shape index (κ1) is 19.2. The molecule has 0 radical (unpaired) electrons. The minimum Gasteiger partial charge on any atom is -0.478 e. The highest BCUT2D eigenvalue weighted by molar-refractivity contribution is 6.02. The molecule has 0 saturated carbocycles. The SMILES string of the molecule is CCCCC(OC(=O)c1ccc(CC)cc1C(=O)O)C(C)(C)C. The van der Waals surface area contributed by atoms with Crippen molar-refractivity contribution in [1.29, 1.82) is 0 Å². The zero-order chi connectivity index (χ0) is 17.6. The molecule has 1 unspecified atom stereocenters. The van der Waals surface area contributed by atoms with E-state index in [-0.39, 0.29) is 22.6 Å². The third-order valence-electron chi connectivity index (χ3n) is 3.98. The number of hydrogen-bond donors (Lipinski definition) is 1. The van der Waals surface area contributed by atoms with Crippen molar-refractivity contribution in [3.8, 4) is 0 Å². The molecule has 23 heavy (non-hydrogen) atoms. The lowest BCUT2D eigenvalue weighted by atomic mass is 9.86. The van der Waals surface area contributed by atoms with Gasteiger partial charge in [-0.2, -0.15) is 0 Å². The van der Waals surface area contributed by atoms with Gasteiger partial charge < -0.3 is 9.84 Å². The Morgan fingerprint density at radius 3 is 2.30 bits per heavy atom. The molecule has 0 amide bonds. The summed E-state index contributed by atoms with van der Waals surface area (Å²) in [6.45, 7) is 10.1. The number of rotatable bonds is 7. The van der Waals surface area contributed by atoms with Gasteiger partial charge in [0.15, 0.2) is 0 Å². The molecule has 1 rings (SSSR count). The Bertz CT molecular complexity index is 555. The van der Waals surface area contributed by atoms with Crippen LogP contribution in [0, 0.1) is 5.41 Å². The Hall–Kier alpha value is -1.84. The first-order valence-electron chi connectivity index (χ1n) is 8.27. The Morgan fingerprint density at radius 1 is 1.17 bits per heavy atom. The van der Waals surface area contributed by atoms with Crippen molar-refractivity contribution >= 4 is 11.9 Å². The molecule has 0 heterocycles. The minimum absolute atomic E-state index is 0.0116. The largest absolute Gasteiger partial charge is 0.478 e. The van der Waals surface area contributed by atoms with Crippen LogP contribution in [0.3, 0.4) is 0 Å². The molecule has 1 atom stereocenters. The highest BCUT2D eigenvalue weighted by atomic mass is 16.5. The van der Waals surface area contributed by atoms with E-state index in [4.69, 9.17) is 4.74 Å². The van der Waals surface area contributed by atoms with Gasteiger partial charge in [-0.1, -0.05) is 53.5 Å².